The standard InChI is InChI=1S/C26H30N4O2/c1-19(31)30-16-14-20-9-6-7-13-23(20)25(30)18-26(32)29(2)15-8-12-22-17-24(28-27-22)21-10-4-3-5-11-21/h3-7,9-11,13,17,25H,8,12,14-16,18H2,1-2H3,(H,27,28). The lowest BCUT2D eigenvalue weighted by Gasteiger charge is -2.37. The van der Waals surface area contributed by atoms with Crippen LogP contribution in [0.3, 0.4) is 0 Å². The number of H-pyrrole nitrogens is 1. The smallest absolute Gasteiger partial charge is 0.224 e. The first kappa shape index (κ1) is 21.8. The lowest BCUT2D eigenvalue weighted by Crippen LogP contribution is -2.41. The number of carbonyl (C=O) groups excluding carboxylic acids is 2. The van der Waals surface area contributed by atoms with Crippen molar-refractivity contribution in [3.8, 4) is 11.3 Å². The molecule has 1 unspecified atom stereocenters. The fraction of sp³-hybridized carbons (Fsp3) is 0.346. The molecule has 1 N–H and O–H groups in total. The van der Waals surface area contributed by atoms with E-state index in [1.54, 1.807) is 11.8 Å². The summed E-state index contributed by atoms with van der Waals surface area (Å²) in [4.78, 5) is 28.8. The zero-order valence-corrected chi connectivity index (χ0v) is 18.8. The highest BCUT2D eigenvalue weighted by molar-refractivity contribution is 5.79. The van der Waals surface area contributed by atoms with Gasteiger partial charge in [-0.1, -0.05) is 54.6 Å². The van der Waals surface area contributed by atoms with Gasteiger partial charge in [0, 0.05) is 38.3 Å². The largest absolute Gasteiger partial charge is 0.346 e. The van der Waals surface area contributed by atoms with Crippen LogP contribution in [0.15, 0.2) is 60.7 Å². The van der Waals surface area contributed by atoms with E-state index in [0.717, 1.165) is 41.8 Å². The first-order chi connectivity index (χ1) is 15.5. The molecule has 0 fully saturated rings. The van der Waals surface area contributed by atoms with Crippen molar-refractivity contribution in [2.24, 2.45) is 0 Å². The Hall–Kier alpha value is -3.41. The van der Waals surface area contributed by atoms with Gasteiger partial charge in [-0.2, -0.15) is 5.10 Å². The molecular weight excluding hydrogens is 400 g/mol. The van der Waals surface area contributed by atoms with E-state index < -0.39 is 0 Å². The third-order valence-electron chi connectivity index (χ3n) is 6.25. The molecule has 0 bridgehead atoms. The maximum Gasteiger partial charge on any atom is 0.224 e. The van der Waals surface area contributed by atoms with Crippen molar-refractivity contribution in [1.29, 1.82) is 0 Å². The van der Waals surface area contributed by atoms with Crippen LogP contribution >= 0.6 is 0 Å². The Balaban J connectivity index is 1.33. The van der Waals surface area contributed by atoms with Crippen molar-refractivity contribution in [3.63, 3.8) is 0 Å². The van der Waals surface area contributed by atoms with Crippen molar-refractivity contribution in [2.75, 3.05) is 20.1 Å². The monoisotopic (exact) mass is 430 g/mol. The Morgan fingerprint density at radius 1 is 1.12 bits per heavy atom. The normalized spacial score (nSPS) is 15.3. The van der Waals surface area contributed by atoms with E-state index in [1.807, 2.05) is 60.5 Å². The van der Waals surface area contributed by atoms with Gasteiger partial charge in [0.1, 0.15) is 0 Å². The van der Waals surface area contributed by atoms with E-state index in [2.05, 4.69) is 22.3 Å². The molecule has 2 heterocycles. The molecule has 1 aliphatic heterocycles. The molecule has 166 valence electrons. The minimum Gasteiger partial charge on any atom is -0.346 e. The number of aryl methyl sites for hydroxylation is 1. The summed E-state index contributed by atoms with van der Waals surface area (Å²) in [7, 11) is 1.84. The van der Waals surface area contributed by atoms with Gasteiger partial charge in [-0.25, -0.2) is 0 Å². The third-order valence-corrected chi connectivity index (χ3v) is 6.25. The maximum atomic E-state index is 13.0. The van der Waals surface area contributed by atoms with Gasteiger partial charge in [0.05, 0.1) is 18.2 Å². The van der Waals surface area contributed by atoms with E-state index in [1.165, 1.54) is 5.56 Å². The fourth-order valence-corrected chi connectivity index (χ4v) is 4.45. The quantitative estimate of drug-likeness (QED) is 0.616. The van der Waals surface area contributed by atoms with Gasteiger partial charge in [0.15, 0.2) is 0 Å². The molecule has 6 nitrogen and oxygen atoms in total. The second-order valence-electron chi connectivity index (χ2n) is 8.44. The van der Waals surface area contributed by atoms with Crippen LogP contribution in [-0.2, 0) is 22.4 Å². The van der Waals surface area contributed by atoms with Crippen molar-refractivity contribution < 1.29 is 9.59 Å². The molecule has 2 amide bonds. The number of fused-ring (bicyclic) bond motifs is 1. The molecule has 0 saturated carbocycles. The molecule has 1 aromatic heterocycles. The van der Waals surface area contributed by atoms with Crippen LogP contribution in [0.1, 0.15) is 42.6 Å². The Morgan fingerprint density at radius 3 is 2.66 bits per heavy atom. The zero-order chi connectivity index (χ0) is 22.5. The SMILES string of the molecule is CC(=O)N1CCc2ccccc2C1CC(=O)N(C)CCCc1cc(-c2ccccc2)n[nH]1. The summed E-state index contributed by atoms with van der Waals surface area (Å²) in [6.07, 6.45) is 2.82. The Labute approximate surface area is 189 Å². The summed E-state index contributed by atoms with van der Waals surface area (Å²) in [5.41, 5.74) is 5.42. The van der Waals surface area contributed by atoms with Gasteiger partial charge in [-0.15, -0.1) is 0 Å². The summed E-state index contributed by atoms with van der Waals surface area (Å²) in [5, 5.41) is 7.50. The van der Waals surface area contributed by atoms with Crippen LogP contribution in [0.4, 0.5) is 0 Å². The van der Waals surface area contributed by atoms with E-state index >= 15 is 0 Å². The summed E-state index contributed by atoms with van der Waals surface area (Å²) in [6.45, 7) is 2.91. The van der Waals surface area contributed by atoms with Crippen molar-refractivity contribution in [1.82, 2.24) is 20.0 Å². The number of nitrogens with zero attached hydrogens (tertiary/aromatic N) is 3. The topological polar surface area (TPSA) is 69.3 Å². The second-order valence-corrected chi connectivity index (χ2v) is 8.44. The second kappa shape index (κ2) is 9.81. The van der Waals surface area contributed by atoms with E-state index in [4.69, 9.17) is 0 Å². The van der Waals surface area contributed by atoms with Crippen LogP contribution in [0, 0.1) is 0 Å². The lowest BCUT2D eigenvalue weighted by molar-refractivity contribution is -0.136. The number of benzene rings is 2. The number of hydrogen-bond donors (Lipinski definition) is 1. The highest BCUT2D eigenvalue weighted by Gasteiger charge is 2.31. The van der Waals surface area contributed by atoms with Crippen LogP contribution in [0.5, 0.6) is 0 Å². The average Bonchev–Trinajstić information content (AvgIpc) is 3.28. The van der Waals surface area contributed by atoms with Crippen LogP contribution in [-0.4, -0.2) is 51.9 Å². The first-order valence-corrected chi connectivity index (χ1v) is 11.2. The number of carbonyl (C=O) groups is 2. The summed E-state index contributed by atoms with van der Waals surface area (Å²) in [6, 6.07) is 20.1. The van der Waals surface area contributed by atoms with Gasteiger partial charge < -0.3 is 9.80 Å². The number of rotatable bonds is 7. The van der Waals surface area contributed by atoms with Crippen LogP contribution in [0.25, 0.3) is 11.3 Å². The Morgan fingerprint density at radius 2 is 1.88 bits per heavy atom. The molecular formula is C26H30N4O2. The first-order valence-electron chi connectivity index (χ1n) is 11.2. The molecule has 1 atom stereocenters. The number of aromatic amines is 1. The third kappa shape index (κ3) is 4.90. The summed E-state index contributed by atoms with van der Waals surface area (Å²) < 4.78 is 0. The number of nitrogens with one attached hydrogen (secondary N) is 1. The van der Waals surface area contributed by atoms with Crippen molar-refractivity contribution >= 4 is 11.8 Å². The highest BCUT2D eigenvalue weighted by Crippen LogP contribution is 2.32. The molecule has 0 spiro atoms. The molecule has 0 saturated heterocycles. The van der Waals surface area contributed by atoms with Gasteiger partial charge in [0.2, 0.25) is 11.8 Å². The summed E-state index contributed by atoms with van der Waals surface area (Å²) in [5.74, 6) is 0.0842. The highest BCUT2D eigenvalue weighted by atomic mass is 16.2. The maximum absolute atomic E-state index is 13.0. The van der Waals surface area contributed by atoms with E-state index in [9.17, 15) is 9.59 Å². The molecule has 0 radical (unpaired) electrons. The molecule has 3 aromatic rings. The summed E-state index contributed by atoms with van der Waals surface area (Å²) >= 11 is 0. The Kier molecular flexibility index (Phi) is 6.69. The fourth-order valence-electron chi connectivity index (χ4n) is 4.45. The average molecular weight is 431 g/mol. The number of aromatic nitrogens is 2. The lowest BCUT2D eigenvalue weighted by atomic mass is 9.90. The van der Waals surface area contributed by atoms with E-state index in [-0.39, 0.29) is 17.9 Å². The van der Waals surface area contributed by atoms with Gasteiger partial charge >= 0.3 is 0 Å². The van der Waals surface area contributed by atoms with Crippen molar-refractivity contribution in [3.05, 3.63) is 77.5 Å². The molecule has 6 heteroatoms. The molecule has 4 rings (SSSR count). The van der Waals surface area contributed by atoms with E-state index in [0.29, 0.717) is 19.5 Å². The molecule has 1 aliphatic rings. The molecule has 32 heavy (non-hydrogen) atoms. The Bertz CT molecular complexity index is 1080. The predicted octanol–water partition coefficient (Wildman–Crippen LogP) is 4.00. The molecule has 0 aliphatic carbocycles. The predicted molar refractivity (Wildman–Crippen MR) is 125 cm³/mol. The van der Waals surface area contributed by atoms with Gasteiger partial charge in [0.25, 0.3) is 0 Å². The van der Waals surface area contributed by atoms with Crippen LogP contribution in [0.2, 0.25) is 0 Å². The van der Waals surface area contributed by atoms with Crippen LogP contribution < -0.4 is 0 Å². The molecule has 2 aromatic carbocycles. The minimum atomic E-state index is -0.187. The zero-order valence-electron chi connectivity index (χ0n) is 18.8. The van der Waals surface area contributed by atoms with Gasteiger partial charge in [-0.3, -0.25) is 14.7 Å². The van der Waals surface area contributed by atoms with Gasteiger partial charge in [-0.05, 0) is 36.5 Å². The minimum absolute atomic E-state index is 0.0217. The number of amides is 2. The number of hydrogen-bond acceptors (Lipinski definition) is 3. The van der Waals surface area contributed by atoms with Crippen molar-refractivity contribution in [2.45, 2.75) is 38.6 Å².